The van der Waals surface area contributed by atoms with E-state index in [1.807, 2.05) is 30.3 Å². The first-order valence-electron chi connectivity index (χ1n) is 11.7. The Morgan fingerprint density at radius 1 is 1.03 bits per heavy atom. The second-order valence-corrected chi connectivity index (χ2v) is 9.59. The monoisotopic (exact) mass is 401 g/mol. The Kier molecular flexibility index (Phi) is 8.55. The number of hydrogen-bond donors (Lipinski definition) is 3. The summed E-state index contributed by atoms with van der Waals surface area (Å²) in [4.78, 5) is 12.9. The van der Waals surface area contributed by atoms with Crippen molar-refractivity contribution < 1.29 is 15.0 Å². The van der Waals surface area contributed by atoms with E-state index in [9.17, 15) is 15.0 Å². The molecule has 0 unspecified atom stereocenters. The SMILES string of the molecule is CC1CCC(CC[C@H]2CCC[C@@H](C(=O)N[C@@H](CO)[C@@H](O)c3ccccc3)C2)CC1. The Labute approximate surface area is 176 Å². The lowest BCUT2D eigenvalue weighted by Crippen LogP contribution is -2.45. The number of aliphatic hydroxyl groups is 2. The fourth-order valence-electron chi connectivity index (χ4n) is 5.29. The minimum Gasteiger partial charge on any atom is -0.394 e. The molecule has 162 valence electrons. The van der Waals surface area contributed by atoms with Crippen LogP contribution in [0.1, 0.15) is 82.8 Å². The smallest absolute Gasteiger partial charge is 0.223 e. The molecular weight excluding hydrogens is 362 g/mol. The lowest BCUT2D eigenvalue weighted by atomic mass is 9.75. The first kappa shape index (κ1) is 22.3. The molecule has 0 aliphatic heterocycles. The summed E-state index contributed by atoms with van der Waals surface area (Å²) in [5, 5.41) is 23.2. The van der Waals surface area contributed by atoms with E-state index < -0.39 is 12.1 Å². The molecule has 4 heteroatoms. The molecule has 4 nitrogen and oxygen atoms in total. The predicted octanol–water partition coefficient (Wildman–Crippen LogP) is 4.61. The molecule has 0 radical (unpaired) electrons. The number of hydrogen-bond acceptors (Lipinski definition) is 3. The van der Waals surface area contributed by atoms with Gasteiger partial charge in [-0.25, -0.2) is 0 Å². The summed E-state index contributed by atoms with van der Waals surface area (Å²) >= 11 is 0. The van der Waals surface area contributed by atoms with Gasteiger partial charge < -0.3 is 15.5 Å². The van der Waals surface area contributed by atoms with Gasteiger partial charge in [-0.2, -0.15) is 0 Å². The molecule has 0 bridgehead atoms. The topological polar surface area (TPSA) is 69.6 Å². The van der Waals surface area contributed by atoms with Gasteiger partial charge in [-0.15, -0.1) is 0 Å². The average Bonchev–Trinajstić information content (AvgIpc) is 2.77. The third-order valence-electron chi connectivity index (χ3n) is 7.32. The second-order valence-electron chi connectivity index (χ2n) is 9.59. The normalized spacial score (nSPS) is 29.8. The van der Waals surface area contributed by atoms with Crippen LogP contribution >= 0.6 is 0 Å². The van der Waals surface area contributed by atoms with Crippen LogP contribution in [0.4, 0.5) is 0 Å². The van der Waals surface area contributed by atoms with Crippen LogP contribution in [-0.2, 0) is 4.79 Å². The predicted molar refractivity (Wildman–Crippen MR) is 116 cm³/mol. The van der Waals surface area contributed by atoms with E-state index in [0.717, 1.165) is 36.7 Å². The van der Waals surface area contributed by atoms with Gasteiger partial charge in [-0.3, -0.25) is 4.79 Å². The summed E-state index contributed by atoms with van der Waals surface area (Å²) in [5.41, 5.74) is 0.718. The highest BCUT2D eigenvalue weighted by atomic mass is 16.3. The van der Waals surface area contributed by atoms with Crippen molar-refractivity contribution in [2.75, 3.05) is 6.61 Å². The van der Waals surface area contributed by atoms with Crippen LogP contribution in [0.25, 0.3) is 0 Å². The number of carbonyl (C=O) groups is 1. The van der Waals surface area contributed by atoms with Gasteiger partial charge in [0.25, 0.3) is 0 Å². The zero-order valence-corrected chi connectivity index (χ0v) is 17.9. The molecule has 0 aromatic heterocycles. The van der Waals surface area contributed by atoms with Gasteiger partial charge in [-0.1, -0.05) is 88.6 Å². The van der Waals surface area contributed by atoms with Crippen molar-refractivity contribution in [1.29, 1.82) is 0 Å². The maximum Gasteiger partial charge on any atom is 0.223 e. The average molecular weight is 402 g/mol. The molecule has 0 heterocycles. The van der Waals surface area contributed by atoms with Gasteiger partial charge in [0.05, 0.1) is 12.6 Å². The van der Waals surface area contributed by atoms with Crippen molar-refractivity contribution in [2.24, 2.45) is 23.7 Å². The Bertz CT molecular complexity index is 612. The van der Waals surface area contributed by atoms with Gasteiger partial charge in [0.15, 0.2) is 0 Å². The first-order valence-corrected chi connectivity index (χ1v) is 11.7. The van der Waals surface area contributed by atoms with E-state index >= 15 is 0 Å². The number of rotatable bonds is 8. The molecule has 1 aromatic carbocycles. The molecule has 1 aromatic rings. The Hall–Kier alpha value is -1.39. The van der Waals surface area contributed by atoms with Gasteiger partial charge in [-0.05, 0) is 36.2 Å². The van der Waals surface area contributed by atoms with E-state index in [-0.39, 0.29) is 18.4 Å². The minimum absolute atomic E-state index is 0.00442. The van der Waals surface area contributed by atoms with E-state index in [2.05, 4.69) is 12.2 Å². The van der Waals surface area contributed by atoms with Crippen molar-refractivity contribution in [1.82, 2.24) is 5.32 Å². The third-order valence-corrected chi connectivity index (χ3v) is 7.32. The highest BCUT2D eigenvalue weighted by Crippen LogP contribution is 2.36. The maximum atomic E-state index is 12.9. The zero-order valence-electron chi connectivity index (χ0n) is 17.9. The van der Waals surface area contributed by atoms with Crippen molar-refractivity contribution in [2.45, 2.75) is 83.3 Å². The van der Waals surface area contributed by atoms with E-state index in [4.69, 9.17) is 0 Å². The maximum absolute atomic E-state index is 12.9. The highest BCUT2D eigenvalue weighted by molar-refractivity contribution is 5.79. The molecule has 2 fully saturated rings. The van der Waals surface area contributed by atoms with Gasteiger partial charge in [0, 0.05) is 5.92 Å². The molecule has 2 aliphatic rings. The van der Waals surface area contributed by atoms with Crippen molar-refractivity contribution in [3.05, 3.63) is 35.9 Å². The molecule has 1 amide bonds. The summed E-state index contributed by atoms with van der Waals surface area (Å²) < 4.78 is 0. The number of nitrogens with one attached hydrogen (secondary N) is 1. The van der Waals surface area contributed by atoms with Crippen LogP contribution in [0.2, 0.25) is 0 Å². The molecule has 29 heavy (non-hydrogen) atoms. The van der Waals surface area contributed by atoms with Crippen LogP contribution in [0.5, 0.6) is 0 Å². The molecule has 4 atom stereocenters. The second kappa shape index (κ2) is 11.1. The van der Waals surface area contributed by atoms with E-state index in [1.165, 1.54) is 44.9 Å². The molecule has 2 saturated carbocycles. The quantitative estimate of drug-likeness (QED) is 0.596. The highest BCUT2D eigenvalue weighted by Gasteiger charge is 2.31. The molecule has 3 N–H and O–H groups in total. The molecular formula is C25H39NO3. The number of amides is 1. The van der Waals surface area contributed by atoms with Gasteiger partial charge in [0.2, 0.25) is 5.91 Å². The number of aliphatic hydroxyl groups excluding tert-OH is 2. The zero-order chi connectivity index (χ0) is 20.6. The van der Waals surface area contributed by atoms with Crippen LogP contribution < -0.4 is 5.32 Å². The minimum atomic E-state index is -0.891. The van der Waals surface area contributed by atoms with Crippen molar-refractivity contribution >= 4 is 5.91 Å². The Balaban J connectivity index is 1.47. The van der Waals surface area contributed by atoms with Crippen molar-refractivity contribution in [3.8, 4) is 0 Å². The summed E-state index contributed by atoms with van der Waals surface area (Å²) in [5.74, 6) is 2.44. The first-order chi connectivity index (χ1) is 14.1. The third kappa shape index (κ3) is 6.55. The summed E-state index contributed by atoms with van der Waals surface area (Å²) in [7, 11) is 0. The van der Waals surface area contributed by atoms with E-state index in [1.54, 1.807) is 0 Å². The fourth-order valence-corrected chi connectivity index (χ4v) is 5.29. The Morgan fingerprint density at radius 2 is 1.72 bits per heavy atom. The standard InChI is InChI=1S/C25H39NO3/c1-18-10-12-19(13-11-18)14-15-20-6-5-9-22(16-20)25(29)26-23(17-27)24(28)21-7-3-2-4-8-21/h2-4,7-8,18-20,22-24,27-28H,5-6,9-17H2,1H3,(H,26,29)/t18?,19?,20-,22-,23+,24+/m1/s1. The summed E-state index contributed by atoms with van der Waals surface area (Å²) in [6.45, 7) is 2.10. The van der Waals surface area contributed by atoms with Crippen LogP contribution in [0, 0.1) is 23.7 Å². The molecule has 3 rings (SSSR count). The summed E-state index contributed by atoms with van der Waals surface area (Å²) in [6, 6.07) is 8.58. The van der Waals surface area contributed by atoms with Crippen LogP contribution in [0.15, 0.2) is 30.3 Å². The largest absolute Gasteiger partial charge is 0.394 e. The molecule has 2 aliphatic carbocycles. The lowest BCUT2D eigenvalue weighted by molar-refractivity contribution is -0.128. The van der Waals surface area contributed by atoms with Crippen molar-refractivity contribution in [3.63, 3.8) is 0 Å². The van der Waals surface area contributed by atoms with Crippen LogP contribution in [-0.4, -0.2) is 28.8 Å². The lowest BCUT2D eigenvalue weighted by Gasteiger charge is -2.32. The van der Waals surface area contributed by atoms with E-state index in [0.29, 0.717) is 5.92 Å². The van der Waals surface area contributed by atoms with Gasteiger partial charge >= 0.3 is 0 Å². The molecule has 0 saturated heterocycles. The molecule has 0 spiro atoms. The fraction of sp³-hybridized carbons (Fsp3) is 0.720. The number of carbonyl (C=O) groups excluding carboxylic acids is 1. The summed E-state index contributed by atoms with van der Waals surface area (Å²) in [6.07, 6.45) is 11.4. The van der Waals surface area contributed by atoms with Gasteiger partial charge in [0.1, 0.15) is 6.10 Å². The Morgan fingerprint density at radius 3 is 2.41 bits per heavy atom. The number of benzene rings is 1. The van der Waals surface area contributed by atoms with Crippen LogP contribution in [0.3, 0.4) is 0 Å².